The third-order valence-electron chi connectivity index (χ3n) is 1.25. The predicted molar refractivity (Wildman–Crippen MR) is 43.2 cm³/mol. The van der Waals surface area contributed by atoms with Crippen LogP contribution >= 0.6 is 0 Å². The fourth-order valence-electron chi connectivity index (χ4n) is 0.756. The molecule has 0 radical (unpaired) electrons. The van der Waals surface area contributed by atoms with E-state index < -0.39 is 16.0 Å². The van der Waals surface area contributed by atoms with E-state index in [2.05, 4.69) is 0 Å². The van der Waals surface area contributed by atoms with E-state index in [4.69, 9.17) is 4.55 Å². The monoisotopic (exact) mass is 227 g/mol. The number of nitro benzene ring substituents is 1. The van der Waals surface area contributed by atoms with Gasteiger partial charge in [0.25, 0.3) is 5.69 Å². The molecule has 5 nitrogen and oxygen atoms in total. The second-order valence-corrected chi connectivity index (χ2v) is 2.91. The quantitative estimate of drug-likeness (QED) is 0.282. The molecule has 0 saturated heterocycles. The first-order valence-corrected chi connectivity index (χ1v) is 4.08. The minimum absolute atomic E-state index is 0. The SMILES string of the molecule is O=[N+]([O-])c1ccccc1S(=O)O.[H-].[K+]. The van der Waals surface area contributed by atoms with E-state index in [9.17, 15) is 14.3 Å². The summed E-state index contributed by atoms with van der Waals surface area (Å²) in [4.78, 5) is 9.42. The maximum absolute atomic E-state index is 10.5. The molecule has 0 amide bonds. The van der Waals surface area contributed by atoms with Crippen LogP contribution in [-0.4, -0.2) is 13.7 Å². The minimum atomic E-state index is -2.30. The van der Waals surface area contributed by atoms with Crippen molar-refractivity contribution in [2.45, 2.75) is 4.90 Å². The Morgan fingerprint density at radius 2 is 2.00 bits per heavy atom. The molecule has 66 valence electrons. The molecule has 0 aliphatic carbocycles. The molecule has 0 aliphatic rings. The summed E-state index contributed by atoms with van der Waals surface area (Å²) in [6, 6.07) is 5.34. The van der Waals surface area contributed by atoms with E-state index in [-0.39, 0.29) is 63.4 Å². The third kappa shape index (κ3) is 3.54. The zero-order valence-electron chi connectivity index (χ0n) is 7.84. The van der Waals surface area contributed by atoms with Gasteiger partial charge in [0.1, 0.15) is 4.90 Å². The average Bonchev–Trinajstić information content (AvgIpc) is 2.04. The zero-order chi connectivity index (χ0) is 9.14. The Hall–Kier alpha value is 0.366. The summed E-state index contributed by atoms with van der Waals surface area (Å²) >= 11 is -2.30. The number of hydrogen-bond donors (Lipinski definition) is 1. The van der Waals surface area contributed by atoms with Crippen molar-refractivity contribution in [3.63, 3.8) is 0 Å². The van der Waals surface area contributed by atoms with Crippen LogP contribution in [0.4, 0.5) is 5.69 Å². The normalized spacial score (nSPS) is 11.5. The van der Waals surface area contributed by atoms with Crippen molar-refractivity contribution < 1.29 is 66.5 Å². The molecule has 13 heavy (non-hydrogen) atoms. The topological polar surface area (TPSA) is 80.4 Å². The molecule has 0 heterocycles. The molecule has 1 rings (SSSR count). The summed E-state index contributed by atoms with van der Waals surface area (Å²) in [5.74, 6) is 0. The van der Waals surface area contributed by atoms with Crippen LogP contribution in [0.2, 0.25) is 0 Å². The second-order valence-electron chi connectivity index (χ2n) is 1.97. The fraction of sp³-hybridized carbons (Fsp3) is 0. The number of para-hydroxylation sites is 1. The van der Waals surface area contributed by atoms with Crippen LogP contribution in [0.3, 0.4) is 0 Å². The molecule has 1 unspecified atom stereocenters. The van der Waals surface area contributed by atoms with Gasteiger partial charge in [-0.15, -0.1) is 0 Å². The van der Waals surface area contributed by atoms with Gasteiger partial charge in [0.15, 0.2) is 11.1 Å². The standard InChI is InChI=1S/C6H5NO4S.K.H/c8-7(9)5-3-1-2-4-6(5)12(10)11;;/h1-4H,(H,10,11);;/q;+1;-1. The van der Waals surface area contributed by atoms with E-state index in [0.29, 0.717) is 0 Å². The summed E-state index contributed by atoms with van der Waals surface area (Å²) in [5.41, 5.74) is -0.335. The number of hydrogen-bond acceptors (Lipinski definition) is 3. The minimum Gasteiger partial charge on any atom is -1.00 e. The van der Waals surface area contributed by atoms with E-state index in [1.807, 2.05) is 0 Å². The molecule has 0 spiro atoms. The van der Waals surface area contributed by atoms with E-state index in [1.54, 1.807) is 0 Å². The summed E-state index contributed by atoms with van der Waals surface area (Å²) in [7, 11) is 0. The fourth-order valence-corrected chi connectivity index (χ4v) is 1.27. The Balaban J connectivity index is 0. The van der Waals surface area contributed by atoms with Gasteiger partial charge in [0, 0.05) is 6.07 Å². The van der Waals surface area contributed by atoms with Crippen LogP contribution in [0.5, 0.6) is 0 Å². The van der Waals surface area contributed by atoms with Crippen molar-refractivity contribution in [2.75, 3.05) is 0 Å². The zero-order valence-corrected chi connectivity index (χ0v) is 10.8. The first-order chi connectivity index (χ1) is 5.63. The van der Waals surface area contributed by atoms with Gasteiger partial charge in [0.2, 0.25) is 0 Å². The van der Waals surface area contributed by atoms with Crippen molar-refractivity contribution in [3.05, 3.63) is 34.4 Å². The smallest absolute Gasteiger partial charge is 1.00 e. The number of benzene rings is 1. The van der Waals surface area contributed by atoms with E-state index in [0.717, 1.165) is 0 Å². The van der Waals surface area contributed by atoms with Gasteiger partial charge in [-0.25, -0.2) is 4.21 Å². The summed E-state index contributed by atoms with van der Waals surface area (Å²) in [5, 5.41) is 10.3. The molecule has 7 heteroatoms. The summed E-state index contributed by atoms with van der Waals surface area (Å²) < 4.78 is 19.2. The predicted octanol–water partition coefficient (Wildman–Crippen LogP) is -1.71. The van der Waals surface area contributed by atoms with E-state index in [1.165, 1.54) is 24.3 Å². The van der Waals surface area contributed by atoms with Crippen LogP contribution in [0.1, 0.15) is 1.43 Å². The average molecular weight is 227 g/mol. The molecule has 1 aromatic carbocycles. The maximum Gasteiger partial charge on any atom is 1.00 e. The molecule has 0 bridgehead atoms. The first-order valence-electron chi connectivity index (χ1n) is 2.97. The van der Waals surface area contributed by atoms with Gasteiger partial charge in [-0.3, -0.25) is 10.1 Å². The van der Waals surface area contributed by atoms with Gasteiger partial charge in [-0.05, 0) is 6.07 Å². The third-order valence-corrected chi connectivity index (χ3v) is 1.97. The molecule has 0 aliphatic heterocycles. The van der Waals surface area contributed by atoms with Crippen molar-refractivity contribution in [1.29, 1.82) is 0 Å². The van der Waals surface area contributed by atoms with Crippen molar-refractivity contribution in [3.8, 4) is 0 Å². The summed E-state index contributed by atoms with van der Waals surface area (Å²) in [6.07, 6.45) is 0. The molecular weight excluding hydrogens is 221 g/mol. The number of rotatable bonds is 2. The van der Waals surface area contributed by atoms with Crippen molar-refractivity contribution >= 4 is 16.8 Å². The Kier molecular flexibility index (Phi) is 6.13. The number of nitrogens with zero attached hydrogens (tertiary/aromatic N) is 1. The van der Waals surface area contributed by atoms with Crippen LogP contribution in [0.15, 0.2) is 29.2 Å². The largest absolute Gasteiger partial charge is 1.00 e. The first kappa shape index (κ1) is 13.4. The molecule has 1 N–H and O–H groups in total. The van der Waals surface area contributed by atoms with Crippen LogP contribution in [0, 0.1) is 10.1 Å². The van der Waals surface area contributed by atoms with Crippen LogP contribution in [-0.2, 0) is 11.1 Å². The Morgan fingerprint density at radius 3 is 2.38 bits per heavy atom. The number of nitro groups is 1. The summed E-state index contributed by atoms with van der Waals surface area (Å²) in [6.45, 7) is 0. The van der Waals surface area contributed by atoms with E-state index >= 15 is 0 Å². The van der Waals surface area contributed by atoms with Crippen molar-refractivity contribution in [1.82, 2.24) is 0 Å². The van der Waals surface area contributed by atoms with Crippen LogP contribution in [0.25, 0.3) is 0 Å². The molecule has 0 saturated carbocycles. The van der Waals surface area contributed by atoms with Gasteiger partial charge in [-0.2, -0.15) is 0 Å². The second kappa shape index (κ2) is 5.96. The molecule has 0 fully saturated rings. The molecule has 1 atom stereocenters. The molecule has 0 aromatic heterocycles. The Bertz CT molecular complexity index is 315. The van der Waals surface area contributed by atoms with Gasteiger partial charge in [-0.1, -0.05) is 12.1 Å². The van der Waals surface area contributed by atoms with Crippen molar-refractivity contribution in [2.24, 2.45) is 0 Å². The Labute approximate surface area is 121 Å². The van der Waals surface area contributed by atoms with Gasteiger partial charge >= 0.3 is 51.4 Å². The van der Waals surface area contributed by atoms with Gasteiger partial charge < -0.3 is 5.98 Å². The maximum atomic E-state index is 10.5. The molecular formula is C6H6KNO4S. The molecule has 1 aromatic rings. The van der Waals surface area contributed by atoms with Crippen LogP contribution < -0.4 is 51.4 Å². The Morgan fingerprint density at radius 1 is 1.46 bits per heavy atom. The van der Waals surface area contributed by atoms with Gasteiger partial charge in [0.05, 0.1) is 4.92 Å².